The third kappa shape index (κ3) is 4.48. The van der Waals surface area contributed by atoms with E-state index in [4.69, 9.17) is 0 Å². The van der Waals surface area contributed by atoms with Crippen LogP contribution in [-0.2, 0) is 16.1 Å². The van der Waals surface area contributed by atoms with Crippen LogP contribution in [0.1, 0.15) is 35.4 Å². The highest BCUT2D eigenvalue weighted by molar-refractivity contribution is 5.98. The lowest BCUT2D eigenvalue weighted by Crippen LogP contribution is -2.54. The average Bonchev–Trinajstić information content (AvgIpc) is 2.89. The van der Waals surface area contributed by atoms with Crippen molar-refractivity contribution in [2.75, 3.05) is 31.6 Å². The summed E-state index contributed by atoms with van der Waals surface area (Å²) < 4.78 is 0. The highest BCUT2D eigenvalue weighted by Crippen LogP contribution is 2.33. The van der Waals surface area contributed by atoms with Crippen LogP contribution in [0.2, 0.25) is 0 Å². The number of hydrogen-bond donors (Lipinski definition) is 0. The van der Waals surface area contributed by atoms with Crippen molar-refractivity contribution in [1.29, 1.82) is 0 Å². The van der Waals surface area contributed by atoms with E-state index in [0.717, 1.165) is 25.1 Å². The quantitative estimate of drug-likeness (QED) is 0.579. The predicted molar refractivity (Wildman–Crippen MR) is 135 cm³/mol. The van der Waals surface area contributed by atoms with Gasteiger partial charge in [-0.25, -0.2) is 0 Å². The zero-order valence-electron chi connectivity index (χ0n) is 19.6. The second kappa shape index (κ2) is 9.82. The van der Waals surface area contributed by atoms with E-state index in [9.17, 15) is 9.59 Å². The molecule has 0 bridgehead atoms. The Hall–Kier alpha value is -3.44. The minimum absolute atomic E-state index is 0.0718. The summed E-state index contributed by atoms with van der Waals surface area (Å²) in [6.07, 6.45) is 1.71. The Balaban J connectivity index is 1.30. The fourth-order valence-electron chi connectivity index (χ4n) is 5.32. The van der Waals surface area contributed by atoms with Crippen LogP contribution >= 0.6 is 0 Å². The predicted octanol–water partition coefficient (Wildman–Crippen LogP) is 4.29. The molecule has 1 saturated heterocycles. The first-order chi connectivity index (χ1) is 16.6. The number of likely N-dealkylation sites (N-methyl/N-ethyl adjacent to an activating group) is 1. The number of fused-ring (bicyclic) bond motifs is 1. The molecule has 0 saturated carbocycles. The zero-order valence-corrected chi connectivity index (χ0v) is 19.6. The van der Waals surface area contributed by atoms with Crippen LogP contribution < -0.4 is 4.90 Å². The van der Waals surface area contributed by atoms with E-state index >= 15 is 0 Å². The molecule has 2 atom stereocenters. The number of benzene rings is 3. The number of para-hydroxylation sites is 1. The number of anilines is 1. The van der Waals surface area contributed by atoms with Crippen molar-refractivity contribution in [1.82, 2.24) is 9.80 Å². The molecule has 0 radical (unpaired) electrons. The molecule has 0 N–H and O–H groups in total. The molecule has 2 amide bonds. The Morgan fingerprint density at radius 3 is 2.38 bits per heavy atom. The van der Waals surface area contributed by atoms with Crippen LogP contribution in [0.3, 0.4) is 0 Å². The van der Waals surface area contributed by atoms with Gasteiger partial charge in [0, 0.05) is 31.2 Å². The second-order valence-corrected chi connectivity index (χ2v) is 9.33. The van der Waals surface area contributed by atoms with Gasteiger partial charge in [-0.1, -0.05) is 72.8 Å². The Morgan fingerprint density at radius 2 is 1.62 bits per heavy atom. The van der Waals surface area contributed by atoms with Gasteiger partial charge >= 0.3 is 0 Å². The van der Waals surface area contributed by atoms with Crippen molar-refractivity contribution < 1.29 is 9.59 Å². The normalized spacial score (nSPS) is 20.4. The number of amides is 2. The van der Waals surface area contributed by atoms with Gasteiger partial charge in [0.15, 0.2) is 0 Å². The number of hydrogen-bond acceptors (Lipinski definition) is 3. The Kier molecular flexibility index (Phi) is 6.45. The summed E-state index contributed by atoms with van der Waals surface area (Å²) >= 11 is 0. The van der Waals surface area contributed by atoms with Gasteiger partial charge in [-0.05, 0) is 48.7 Å². The first-order valence-corrected chi connectivity index (χ1v) is 12.1. The van der Waals surface area contributed by atoms with Crippen LogP contribution in [0.4, 0.5) is 5.69 Å². The lowest BCUT2D eigenvalue weighted by molar-refractivity contribution is -0.135. The van der Waals surface area contributed by atoms with E-state index < -0.39 is 0 Å². The standard InChI is InChI=1S/C29H31N3O2/c1-30(27-17-10-18-32(29(27)34)24-14-6-3-7-15-24)21-28(33)31-19-23-13-8-9-16-25(23)26(20-31)22-11-4-2-5-12-22/h2-9,11-16,26-27H,10,17-21H2,1H3. The largest absolute Gasteiger partial charge is 0.336 e. The number of rotatable bonds is 5. The molecular formula is C29H31N3O2. The molecular weight excluding hydrogens is 422 g/mol. The van der Waals surface area contributed by atoms with Gasteiger partial charge in [0.2, 0.25) is 11.8 Å². The van der Waals surface area contributed by atoms with Gasteiger partial charge in [0.25, 0.3) is 0 Å². The molecule has 34 heavy (non-hydrogen) atoms. The average molecular weight is 454 g/mol. The van der Waals surface area contributed by atoms with Crippen molar-refractivity contribution in [3.63, 3.8) is 0 Å². The van der Waals surface area contributed by atoms with E-state index in [1.807, 2.05) is 64.2 Å². The third-order valence-corrected chi connectivity index (χ3v) is 7.14. The Labute approximate surface area is 201 Å². The summed E-state index contributed by atoms with van der Waals surface area (Å²) in [4.78, 5) is 32.5. The number of carbonyl (C=O) groups excluding carboxylic acids is 2. The molecule has 2 aliphatic rings. The molecule has 0 aliphatic carbocycles. The number of nitrogens with zero attached hydrogens (tertiary/aromatic N) is 3. The first-order valence-electron chi connectivity index (χ1n) is 12.1. The lowest BCUT2D eigenvalue weighted by Gasteiger charge is -2.39. The maximum Gasteiger partial charge on any atom is 0.244 e. The maximum atomic E-state index is 13.5. The summed E-state index contributed by atoms with van der Waals surface area (Å²) in [5.74, 6) is 0.312. The van der Waals surface area contributed by atoms with E-state index in [1.54, 1.807) is 0 Å². The zero-order chi connectivity index (χ0) is 23.5. The molecule has 2 heterocycles. The van der Waals surface area contributed by atoms with Gasteiger partial charge in [0.1, 0.15) is 0 Å². The fraction of sp³-hybridized carbons (Fsp3) is 0.310. The molecule has 2 aliphatic heterocycles. The van der Waals surface area contributed by atoms with Gasteiger partial charge in [-0.15, -0.1) is 0 Å². The van der Waals surface area contributed by atoms with E-state index in [0.29, 0.717) is 13.1 Å². The first kappa shape index (κ1) is 22.4. The Bertz CT molecular complexity index is 1150. The van der Waals surface area contributed by atoms with Crippen molar-refractivity contribution in [3.05, 3.63) is 102 Å². The Morgan fingerprint density at radius 1 is 0.941 bits per heavy atom. The highest BCUT2D eigenvalue weighted by Gasteiger charge is 2.35. The van der Waals surface area contributed by atoms with Gasteiger partial charge in [-0.2, -0.15) is 0 Å². The van der Waals surface area contributed by atoms with E-state index in [2.05, 4.69) is 42.5 Å². The monoisotopic (exact) mass is 453 g/mol. The van der Waals surface area contributed by atoms with Gasteiger partial charge in [-0.3, -0.25) is 14.5 Å². The van der Waals surface area contributed by atoms with Crippen molar-refractivity contribution in [2.45, 2.75) is 31.3 Å². The molecule has 0 aromatic heterocycles. The van der Waals surface area contributed by atoms with Crippen molar-refractivity contribution in [3.8, 4) is 0 Å². The van der Waals surface area contributed by atoms with Crippen LogP contribution in [0.25, 0.3) is 0 Å². The molecule has 5 heteroatoms. The summed E-state index contributed by atoms with van der Waals surface area (Å²) in [7, 11) is 1.90. The van der Waals surface area contributed by atoms with E-state index in [-0.39, 0.29) is 30.3 Å². The summed E-state index contributed by atoms with van der Waals surface area (Å²) in [5.41, 5.74) is 4.65. The second-order valence-electron chi connectivity index (χ2n) is 9.33. The minimum atomic E-state index is -0.278. The lowest BCUT2D eigenvalue weighted by atomic mass is 9.84. The number of piperidine rings is 1. The molecule has 0 spiro atoms. The van der Waals surface area contributed by atoms with E-state index in [1.165, 1.54) is 16.7 Å². The summed E-state index contributed by atoms with van der Waals surface area (Å²) in [6.45, 7) is 2.23. The molecule has 174 valence electrons. The molecule has 3 aromatic rings. The van der Waals surface area contributed by atoms with Crippen LogP contribution in [-0.4, -0.2) is 54.3 Å². The van der Waals surface area contributed by atoms with Gasteiger partial charge in [0.05, 0.1) is 12.6 Å². The molecule has 1 fully saturated rings. The van der Waals surface area contributed by atoms with Crippen LogP contribution in [0.15, 0.2) is 84.9 Å². The smallest absolute Gasteiger partial charge is 0.244 e. The third-order valence-electron chi connectivity index (χ3n) is 7.14. The van der Waals surface area contributed by atoms with Gasteiger partial charge < -0.3 is 9.80 Å². The molecule has 3 aromatic carbocycles. The fourth-order valence-corrected chi connectivity index (χ4v) is 5.32. The number of carbonyl (C=O) groups is 2. The minimum Gasteiger partial charge on any atom is -0.336 e. The topological polar surface area (TPSA) is 43.9 Å². The summed E-state index contributed by atoms with van der Waals surface area (Å²) in [6, 6.07) is 28.4. The van der Waals surface area contributed by atoms with Crippen molar-refractivity contribution >= 4 is 17.5 Å². The molecule has 5 nitrogen and oxygen atoms in total. The van der Waals surface area contributed by atoms with Crippen molar-refractivity contribution in [2.24, 2.45) is 0 Å². The SMILES string of the molecule is CN(CC(=O)N1Cc2ccccc2C(c2ccccc2)C1)C1CCCN(c2ccccc2)C1=O. The highest BCUT2D eigenvalue weighted by atomic mass is 16.2. The molecule has 2 unspecified atom stereocenters. The van der Waals surface area contributed by atoms with Crippen LogP contribution in [0, 0.1) is 0 Å². The van der Waals surface area contributed by atoms with Crippen LogP contribution in [0.5, 0.6) is 0 Å². The summed E-state index contributed by atoms with van der Waals surface area (Å²) in [5, 5.41) is 0. The molecule has 5 rings (SSSR count). The maximum absolute atomic E-state index is 13.5.